The first-order chi connectivity index (χ1) is 8.17. The Kier molecular flexibility index (Phi) is 2.88. The fraction of sp³-hybridized carbons (Fsp3) is 0.182. The van der Waals surface area contributed by atoms with Crippen molar-refractivity contribution in [1.82, 2.24) is 4.57 Å². The van der Waals surface area contributed by atoms with Crippen molar-refractivity contribution >= 4 is 22.6 Å². The lowest BCUT2D eigenvalue weighted by Gasteiger charge is -2.05. The summed E-state index contributed by atoms with van der Waals surface area (Å²) >= 11 is 0. The number of nitrogens with zero attached hydrogens (tertiary/aromatic N) is 2. The van der Waals surface area contributed by atoms with Crippen molar-refractivity contribution in [3.8, 4) is 0 Å². The zero-order valence-electron chi connectivity index (χ0n) is 8.83. The lowest BCUT2D eigenvalue weighted by atomic mass is 10.2. The molecule has 0 aliphatic carbocycles. The number of aromatic nitrogens is 1. The topological polar surface area (TPSA) is 91.9 Å². The number of nitroso groups, excluding NO2 is 1. The number of aromatic carboxylic acids is 1. The average molecular weight is 234 g/mol. The van der Waals surface area contributed by atoms with Gasteiger partial charge in [0.05, 0.1) is 6.61 Å². The summed E-state index contributed by atoms with van der Waals surface area (Å²) in [7, 11) is 0. The maximum atomic E-state index is 11.0. The maximum absolute atomic E-state index is 11.0. The molecule has 2 rings (SSSR count). The highest BCUT2D eigenvalue weighted by atomic mass is 16.4. The highest BCUT2D eigenvalue weighted by Crippen LogP contribution is 2.24. The predicted molar refractivity (Wildman–Crippen MR) is 61.4 cm³/mol. The summed E-state index contributed by atoms with van der Waals surface area (Å²) in [6.45, 7) is 0.0384. The molecule has 0 saturated carbocycles. The molecule has 0 amide bonds. The molecule has 0 aliphatic rings. The monoisotopic (exact) mass is 234 g/mol. The Labute approximate surface area is 96.1 Å². The molecule has 0 aliphatic heterocycles. The molecule has 0 bridgehead atoms. The Morgan fingerprint density at radius 3 is 2.71 bits per heavy atom. The van der Waals surface area contributed by atoms with Crippen LogP contribution in [0.2, 0.25) is 0 Å². The number of rotatable bonds is 4. The number of hydrogen-bond acceptors (Lipinski definition) is 4. The van der Waals surface area contributed by atoms with E-state index in [2.05, 4.69) is 5.18 Å². The normalized spacial score (nSPS) is 10.6. The molecule has 0 spiro atoms. The summed E-state index contributed by atoms with van der Waals surface area (Å²) < 4.78 is 1.49. The van der Waals surface area contributed by atoms with E-state index in [-0.39, 0.29) is 24.5 Å². The third kappa shape index (κ3) is 1.90. The van der Waals surface area contributed by atoms with Crippen LogP contribution in [0.15, 0.2) is 29.4 Å². The van der Waals surface area contributed by atoms with Gasteiger partial charge in [-0.1, -0.05) is 0 Å². The lowest BCUT2D eigenvalue weighted by molar-refractivity contribution is 0.0684. The van der Waals surface area contributed by atoms with Crippen LogP contribution < -0.4 is 0 Å². The molecule has 0 saturated heterocycles. The second-order valence-corrected chi connectivity index (χ2v) is 3.54. The fourth-order valence-electron chi connectivity index (χ4n) is 1.83. The van der Waals surface area contributed by atoms with E-state index in [1.165, 1.54) is 22.8 Å². The quantitative estimate of drug-likeness (QED) is 0.788. The molecule has 17 heavy (non-hydrogen) atoms. The fourth-order valence-corrected chi connectivity index (χ4v) is 1.83. The van der Waals surface area contributed by atoms with Crippen LogP contribution in [0.3, 0.4) is 0 Å². The summed E-state index contributed by atoms with van der Waals surface area (Å²) in [4.78, 5) is 21.4. The van der Waals surface area contributed by atoms with Gasteiger partial charge in [0.1, 0.15) is 11.4 Å². The van der Waals surface area contributed by atoms with Gasteiger partial charge < -0.3 is 14.8 Å². The van der Waals surface area contributed by atoms with Crippen LogP contribution >= 0.6 is 0 Å². The van der Waals surface area contributed by atoms with Crippen molar-refractivity contribution in [3.05, 3.63) is 34.9 Å². The number of carboxylic acid groups (broad SMARTS) is 1. The summed E-state index contributed by atoms with van der Waals surface area (Å²) in [6, 6.07) is 6.10. The Morgan fingerprint density at radius 2 is 2.12 bits per heavy atom. The van der Waals surface area contributed by atoms with Crippen LogP contribution in [0.5, 0.6) is 0 Å². The van der Waals surface area contributed by atoms with E-state index >= 15 is 0 Å². The number of carboxylic acids is 1. The standard InChI is InChI=1S/C11H10N2O4/c14-4-3-13-9-2-1-8(12-17)5-7(9)6-10(13)11(15)16/h1-2,5-6,14H,3-4H2,(H,15,16). The van der Waals surface area contributed by atoms with Gasteiger partial charge in [-0.25, -0.2) is 4.79 Å². The minimum atomic E-state index is -1.07. The highest BCUT2D eigenvalue weighted by molar-refractivity contribution is 5.95. The van der Waals surface area contributed by atoms with E-state index < -0.39 is 5.97 Å². The number of hydrogen-bond donors (Lipinski definition) is 2. The van der Waals surface area contributed by atoms with E-state index in [9.17, 15) is 9.70 Å². The van der Waals surface area contributed by atoms with Gasteiger partial charge in [0.25, 0.3) is 0 Å². The zero-order valence-corrected chi connectivity index (χ0v) is 8.83. The van der Waals surface area contributed by atoms with Gasteiger partial charge >= 0.3 is 5.97 Å². The Bertz CT molecular complexity index is 588. The SMILES string of the molecule is O=Nc1ccc2c(c1)cc(C(=O)O)n2CCO. The third-order valence-electron chi connectivity index (χ3n) is 2.53. The van der Waals surface area contributed by atoms with Crippen LogP contribution in [0.1, 0.15) is 10.5 Å². The first kappa shape index (κ1) is 11.3. The Balaban J connectivity index is 2.69. The van der Waals surface area contributed by atoms with Crippen molar-refractivity contribution in [3.63, 3.8) is 0 Å². The summed E-state index contributed by atoms with van der Waals surface area (Å²) in [5.74, 6) is -1.07. The molecule has 0 fully saturated rings. The van der Waals surface area contributed by atoms with E-state index in [1.54, 1.807) is 6.07 Å². The van der Waals surface area contributed by atoms with Crippen molar-refractivity contribution in [2.45, 2.75) is 6.54 Å². The number of fused-ring (bicyclic) bond motifs is 1. The van der Waals surface area contributed by atoms with E-state index in [4.69, 9.17) is 10.2 Å². The predicted octanol–water partition coefficient (Wildman–Crippen LogP) is 1.73. The second kappa shape index (κ2) is 4.34. The minimum Gasteiger partial charge on any atom is -0.477 e. The highest BCUT2D eigenvalue weighted by Gasteiger charge is 2.14. The van der Waals surface area contributed by atoms with Gasteiger partial charge in [-0.2, -0.15) is 0 Å². The van der Waals surface area contributed by atoms with Crippen LogP contribution in [0.25, 0.3) is 10.9 Å². The molecule has 0 radical (unpaired) electrons. The van der Waals surface area contributed by atoms with Crippen molar-refractivity contribution < 1.29 is 15.0 Å². The molecule has 88 valence electrons. The maximum Gasteiger partial charge on any atom is 0.352 e. The lowest BCUT2D eigenvalue weighted by Crippen LogP contribution is -2.10. The molecule has 1 aromatic carbocycles. The van der Waals surface area contributed by atoms with Gasteiger partial charge in [0.2, 0.25) is 0 Å². The number of carbonyl (C=O) groups is 1. The van der Waals surface area contributed by atoms with Crippen LogP contribution in [0, 0.1) is 4.91 Å². The van der Waals surface area contributed by atoms with Gasteiger partial charge in [0.15, 0.2) is 0 Å². The van der Waals surface area contributed by atoms with E-state index in [0.29, 0.717) is 10.9 Å². The summed E-state index contributed by atoms with van der Waals surface area (Å²) in [6.07, 6.45) is 0. The van der Waals surface area contributed by atoms with Gasteiger partial charge in [-0.3, -0.25) is 0 Å². The molecule has 0 atom stereocenters. The first-order valence-electron chi connectivity index (χ1n) is 4.98. The summed E-state index contributed by atoms with van der Waals surface area (Å²) in [5, 5.41) is 21.4. The Hall–Kier alpha value is -2.21. The molecular formula is C11H10N2O4. The molecule has 1 aromatic heterocycles. The van der Waals surface area contributed by atoms with Crippen LogP contribution in [-0.4, -0.2) is 27.4 Å². The summed E-state index contributed by atoms with van der Waals surface area (Å²) in [5.41, 5.74) is 0.983. The molecular weight excluding hydrogens is 224 g/mol. The number of aliphatic hydroxyl groups excluding tert-OH is 1. The smallest absolute Gasteiger partial charge is 0.352 e. The molecule has 6 nitrogen and oxygen atoms in total. The van der Waals surface area contributed by atoms with Crippen molar-refractivity contribution in [1.29, 1.82) is 0 Å². The molecule has 0 unspecified atom stereocenters. The van der Waals surface area contributed by atoms with Crippen LogP contribution in [-0.2, 0) is 6.54 Å². The Morgan fingerprint density at radius 1 is 1.35 bits per heavy atom. The molecule has 2 aromatic rings. The van der Waals surface area contributed by atoms with E-state index in [1.807, 2.05) is 0 Å². The minimum absolute atomic E-state index is 0.0806. The first-order valence-corrected chi connectivity index (χ1v) is 4.98. The molecule has 1 heterocycles. The third-order valence-corrected chi connectivity index (χ3v) is 2.53. The largest absolute Gasteiger partial charge is 0.477 e. The molecule has 6 heteroatoms. The second-order valence-electron chi connectivity index (χ2n) is 3.54. The van der Waals surface area contributed by atoms with Gasteiger partial charge in [0, 0.05) is 17.4 Å². The van der Waals surface area contributed by atoms with Gasteiger partial charge in [-0.05, 0) is 29.4 Å². The van der Waals surface area contributed by atoms with Gasteiger partial charge in [-0.15, -0.1) is 4.91 Å². The number of benzene rings is 1. The van der Waals surface area contributed by atoms with Crippen LogP contribution in [0.4, 0.5) is 5.69 Å². The number of aliphatic hydroxyl groups is 1. The van der Waals surface area contributed by atoms with Crippen molar-refractivity contribution in [2.24, 2.45) is 5.18 Å². The zero-order chi connectivity index (χ0) is 12.4. The van der Waals surface area contributed by atoms with Crippen molar-refractivity contribution in [2.75, 3.05) is 6.61 Å². The van der Waals surface area contributed by atoms with E-state index in [0.717, 1.165) is 0 Å². The average Bonchev–Trinajstić information content (AvgIpc) is 2.68. The molecule has 2 N–H and O–H groups in total.